The van der Waals surface area contributed by atoms with Gasteiger partial charge in [-0.05, 0) is 31.4 Å². The minimum Gasteiger partial charge on any atom is -0.313 e. The number of rotatable bonds is 6. The molecule has 0 spiro atoms. The minimum absolute atomic E-state index is 0.622. The number of nitrogens with one attached hydrogen (secondary N) is 1. The van der Waals surface area contributed by atoms with Crippen LogP contribution in [0, 0.1) is 5.92 Å². The molecule has 0 aliphatic heterocycles. The molecule has 0 radical (unpaired) electrons. The first-order valence-corrected chi connectivity index (χ1v) is 7.52. The molecule has 0 bridgehead atoms. The first-order chi connectivity index (χ1) is 8.40. The maximum Gasteiger partial charge on any atom is 0.187 e. The number of aromatic nitrogens is 2. The normalized spacial score (nSPS) is 18.4. The minimum atomic E-state index is 0.622. The zero-order valence-electron chi connectivity index (χ0n) is 10.4. The predicted molar refractivity (Wildman–Crippen MR) is 72.2 cm³/mol. The molecule has 94 valence electrons. The fourth-order valence-electron chi connectivity index (χ4n) is 2.51. The second-order valence-electron chi connectivity index (χ2n) is 4.55. The molecule has 1 aliphatic rings. The molecule has 0 saturated heterocycles. The van der Waals surface area contributed by atoms with Crippen LogP contribution in [0.5, 0.6) is 0 Å². The molecule has 0 amide bonds. The maximum atomic E-state index is 4.26. The van der Waals surface area contributed by atoms with Crippen molar-refractivity contribution in [3.05, 3.63) is 18.5 Å². The average molecular weight is 251 g/mol. The van der Waals surface area contributed by atoms with E-state index >= 15 is 0 Å². The highest BCUT2D eigenvalue weighted by atomic mass is 32.2. The molecule has 3 nitrogen and oxygen atoms in total. The third-order valence-electron chi connectivity index (χ3n) is 3.37. The predicted octanol–water partition coefficient (Wildman–Crippen LogP) is 2.74. The standard InChI is InChI=1S/C13H21N3S/c1-2-14-12(11-6-3-4-7-11)10-17-13-15-8-5-9-16-13/h5,8-9,11-12,14H,2-4,6-7,10H2,1H3. The Kier molecular flexibility index (Phi) is 5.26. The Morgan fingerprint density at radius 1 is 1.35 bits per heavy atom. The molecule has 1 aromatic heterocycles. The van der Waals surface area contributed by atoms with E-state index in [0.717, 1.165) is 23.4 Å². The van der Waals surface area contributed by atoms with E-state index in [0.29, 0.717) is 6.04 Å². The van der Waals surface area contributed by atoms with E-state index in [1.807, 2.05) is 18.5 Å². The first-order valence-electron chi connectivity index (χ1n) is 6.53. The summed E-state index contributed by atoms with van der Waals surface area (Å²) < 4.78 is 0. The monoisotopic (exact) mass is 251 g/mol. The Balaban J connectivity index is 1.84. The number of nitrogens with zero attached hydrogens (tertiary/aromatic N) is 2. The SMILES string of the molecule is CCNC(CSc1ncccn1)C1CCCC1. The van der Waals surface area contributed by atoms with Gasteiger partial charge in [0.25, 0.3) is 0 Å². The van der Waals surface area contributed by atoms with Crippen molar-refractivity contribution in [3.63, 3.8) is 0 Å². The fraction of sp³-hybridized carbons (Fsp3) is 0.692. The highest BCUT2D eigenvalue weighted by Gasteiger charge is 2.24. The Labute approximate surface area is 108 Å². The molecule has 1 heterocycles. The number of hydrogen-bond donors (Lipinski definition) is 1. The van der Waals surface area contributed by atoms with Crippen LogP contribution in [0.4, 0.5) is 0 Å². The third kappa shape index (κ3) is 3.96. The lowest BCUT2D eigenvalue weighted by atomic mass is 10.00. The van der Waals surface area contributed by atoms with E-state index in [2.05, 4.69) is 22.2 Å². The molecule has 1 atom stereocenters. The summed E-state index contributed by atoms with van der Waals surface area (Å²) in [7, 11) is 0. The Hall–Kier alpha value is -0.610. The maximum absolute atomic E-state index is 4.26. The third-order valence-corrected chi connectivity index (χ3v) is 4.36. The van der Waals surface area contributed by atoms with Gasteiger partial charge in [-0.15, -0.1) is 0 Å². The van der Waals surface area contributed by atoms with Gasteiger partial charge in [0.15, 0.2) is 5.16 Å². The molecule has 1 aliphatic carbocycles. The average Bonchev–Trinajstić information content (AvgIpc) is 2.89. The van der Waals surface area contributed by atoms with Crippen LogP contribution in [0.3, 0.4) is 0 Å². The van der Waals surface area contributed by atoms with Crippen LogP contribution in [0.15, 0.2) is 23.6 Å². The van der Waals surface area contributed by atoms with Crippen molar-refractivity contribution in [3.8, 4) is 0 Å². The quantitative estimate of drug-likeness (QED) is 0.623. The van der Waals surface area contributed by atoms with Gasteiger partial charge in [0.2, 0.25) is 0 Å². The van der Waals surface area contributed by atoms with E-state index in [-0.39, 0.29) is 0 Å². The van der Waals surface area contributed by atoms with Crippen LogP contribution >= 0.6 is 11.8 Å². The van der Waals surface area contributed by atoms with E-state index in [9.17, 15) is 0 Å². The van der Waals surface area contributed by atoms with Gasteiger partial charge in [0.05, 0.1) is 0 Å². The lowest BCUT2D eigenvalue weighted by Crippen LogP contribution is -2.37. The van der Waals surface area contributed by atoms with Crippen molar-refractivity contribution >= 4 is 11.8 Å². The Bertz CT molecular complexity index is 312. The van der Waals surface area contributed by atoms with Gasteiger partial charge in [-0.25, -0.2) is 9.97 Å². The van der Waals surface area contributed by atoms with Crippen molar-refractivity contribution in [1.29, 1.82) is 0 Å². The zero-order valence-corrected chi connectivity index (χ0v) is 11.2. The zero-order chi connectivity index (χ0) is 11.9. The van der Waals surface area contributed by atoms with Gasteiger partial charge in [-0.2, -0.15) is 0 Å². The van der Waals surface area contributed by atoms with Crippen LogP contribution in [0.25, 0.3) is 0 Å². The van der Waals surface area contributed by atoms with Crippen molar-refractivity contribution in [2.45, 2.75) is 43.8 Å². The van der Waals surface area contributed by atoms with Crippen molar-refractivity contribution in [2.75, 3.05) is 12.3 Å². The lowest BCUT2D eigenvalue weighted by Gasteiger charge is -2.23. The summed E-state index contributed by atoms with van der Waals surface area (Å²) in [5, 5.41) is 4.52. The van der Waals surface area contributed by atoms with Crippen LogP contribution in [-0.2, 0) is 0 Å². The van der Waals surface area contributed by atoms with Gasteiger partial charge in [-0.1, -0.05) is 31.5 Å². The van der Waals surface area contributed by atoms with Crippen molar-refractivity contribution in [2.24, 2.45) is 5.92 Å². The van der Waals surface area contributed by atoms with E-state index in [1.165, 1.54) is 25.7 Å². The Morgan fingerprint density at radius 3 is 2.71 bits per heavy atom. The molecule has 2 rings (SSSR count). The summed E-state index contributed by atoms with van der Waals surface area (Å²) in [4.78, 5) is 8.52. The molecule has 4 heteroatoms. The molecule has 1 N–H and O–H groups in total. The number of thioether (sulfide) groups is 1. The second kappa shape index (κ2) is 6.97. The van der Waals surface area contributed by atoms with Crippen LogP contribution in [-0.4, -0.2) is 28.3 Å². The lowest BCUT2D eigenvalue weighted by molar-refractivity contribution is 0.394. The van der Waals surface area contributed by atoms with Crippen LogP contribution < -0.4 is 5.32 Å². The summed E-state index contributed by atoms with van der Waals surface area (Å²) in [5.74, 6) is 1.94. The van der Waals surface area contributed by atoms with Crippen molar-refractivity contribution < 1.29 is 0 Å². The largest absolute Gasteiger partial charge is 0.313 e. The smallest absolute Gasteiger partial charge is 0.187 e. The van der Waals surface area contributed by atoms with Gasteiger partial charge in [0, 0.05) is 24.2 Å². The topological polar surface area (TPSA) is 37.8 Å². The highest BCUT2D eigenvalue weighted by Crippen LogP contribution is 2.30. The molecule has 1 unspecified atom stereocenters. The summed E-state index contributed by atoms with van der Waals surface area (Å²) in [6, 6.07) is 2.49. The highest BCUT2D eigenvalue weighted by molar-refractivity contribution is 7.99. The molecule has 17 heavy (non-hydrogen) atoms. The van der Waals surface area contributed by atoms with E-state index in [4.69, 9.17) is 0 Å². The summed E-state index contributed by atoms with van der Waals surface area (Å²) in [6.45, 7) is 3.24. The molecular weight excluding hydrogens is 230 g/mol. The second-order valence-corrected chi connectivity index (χ2v) is 5.54. The summed E-state index contributed by atoms with van der Waals surface area (Å²) >= 11 is 1.77. The van der Waals surface area contributed by atoms with Gasteiger partial charge in [0.1, 0.15) is 0 Å². The summed E-state index contributed by atoms with van der Waals surface area (Å²) in [5.41, 5.74) is 0. The molecule has 1 saturated carbocycles. The molecular formula is C13H21N3S. The van der Waals surface area contributed by atoms with Crippen LogP contribution in [0.2, 0.25) is 0 Å². The van der Waals surface area contributed by atoms with E-state index < -0.39 is 0 Å². The van der Waals surface area contributed by atoms with E-state index in [1.54, 1.807) is 11.8 Å². The van der Waals surface area contributed by atoms with Gasteiger partial charge >= 0.3 is 0 Å². The molecule has 1 aromatic rings. The van der Waals surface area contributed by atoms with Crippen LogP contribution in [0.1, 0.15) is 32.6 Å². The van der Waals surface area contributed by atoms with Gasteiger partial charge < -0.3 is 5.32 Å². The van der Waals surface area contributed by atoms with Crippen molar-refractivity contribution in [1.82, 2.24) is 15.3 Å². The van der Waals surface area contributed by atoms with Gasteiger partial charge in [-0.3, -0.25) is 0 Å². The molecule has 0 aromatic carbocycles. The Morgan fingerprint density at radius 2 is 2.06 bits per heavy atom. The number of hydrogen-bond acceptors (Lipinski definition) is 4. The molecule has 1 fully saturated rings. The fourth-order valence-corrected chi connectivity index (χ4v) is 3.50. The summed E-state index contributed by atoms with van der Waals surface area (Å²) in [6.07, 6.45) is 9.19. The first kappa shape index (κ1) is 12.8.